The van der Waals surface area contributed by atoms with Crippen LogP contribution in [-0.2, 0) is 14.8 Å². The van der Waals surface area contributed by atoms with Gasteiger partial charge in [-0.2, -0.15) is 0 Å². The zero-order valence-corrected chi connectivity index (χ0v) is 21.2. The van der Waals surface area contributed by atoms with Crippen molar-refractivity contribution in [3.63, 3.8) is 0 Å². The quantitative estimate of drug-likeness (QED) is 0.512. The van der Waals surface area contributed by atoms with Crippen molar-refractivity contribution in [2.75, 3.05) is 39.5 Å². The molecular formula is C25H33FN4O4S. The molecule has 0 aromatic heterocycles. The van der Waals surface area contributed by atoms with Crippen molar-refractivity contribution in [3.8, 4) is 11.1 Å². The summed E-state index contributed by atoms with van der Waals surface area (Å²) in [6.45, 7) is 3.15. The fourth-order valence-electron chi connectivity index (χ4n) is 4.18. The zero-order chi connectivity index (χ0) is 25.6. The molecule has 1 unspecified atom stereocenters. The molecule has 1 atom stereocenters. The first-order valence-electron chi connectivity index (χ1n) is 11.6. The van der Waals surface area contributed by atoms with Crippen molar-refractivity contribution in [2.24, 2.45) is 5.92 Å². The minimum absolute atomic E-state index is 0.00574. The second-order valence-electron chi connectivity index (χ2n) is 9.26. The summed E-state index contributed by atoms with van der Waals surface area (Å²) >= 11 is 0. The Kier molecular flexibility index (Phi) is 8.98. The lowest BCUT2D eigenvalue weighted by molar-refractivity contribution is -0.133. The maximum Gasteiger partial charge on any atom is 0.269 e. The Labute approximate surface area is 206 Å². The second-order valence-corrected chi connectivity index (χ2v) is 11.0. The molecule has 2 N–H and O–H groups in total. The number of nitrogens with zero attached hydrogens (tertiary/aromatic N) is 2. The first-order valence-corrected chi connectivity index (χ1v) is 13.3. The van der Waals surface area contributed by atoms with Gasteiger partial charge in [0.2, 0.25) is 15.9 Å². The molecule has 2 aromatic rings. The molecule has 0 aliphatic carbocycles. The number of hydrogen-bond acceptors (Lipinski definition) is 5. The smallest absolute Gasteiger partial charge is 0.269 e. The molecule has 10 heteroatoms. The minimum atomic E-state index is -3.89. The fourth-order valence-corrected chi connectivity index (χ4v) is 5.40. The van der Waals surface area contributed by atoms with E-state index in [0.29, 0.717) is 38.0 Å². The number of carbonyl (C=O) groups is 2. The van der Waals surface area contributed by atoms with Crippen LogP contribution in [0.4, 0.5) is 4.39 Å². The number of hydrogen-bond donors (Lipinski definition) is 2. The number of carbonyl (C=O) groups excluding carboxylic acids is 2. The normalized spacial score (nSPS) is 16.4. The Hall–Kier alpha value is -2.82. The first-order chi connectivity index (χ1) is 16.6. The number of rotatable bonds is 9. The highest BCUT2D eigenvalue weighted by Gasteiger charge is 2.28. The zero-order valence-electron chi connectivity index (χ0n) is 20.4. The number of nitrogens with one attached hydrogen (secondary N) is 2. The molecule has 1 heterocycles. The summed E-state index contributed by atoms with van der Waals surface area (Å²) in [6.07, 6.45) is 1.77. The van der Waals surface area contributed by atoms with Crippen LogP contribution in [0.3, 0.4) is 0 Å². The van der Waals surface area contributed by atoms with Crippen LogP contribution < -0.4 is 10.3 Å². The Morgan fingerprint density at radius 3 is 2.54 bits per heavy atom. The molecule has 35 heavy (non-hydrogen) atoms. The van der Waals surface area contributed by atoms with E-state index < -0.39 is 21.7 Å². The van der Waals surface area contributed by atoms with Gasteiger partial charge in [-0.15, -0.1) is 4.83 Å². The molecular weight excluding hydrogens is 471 g/mol. The molecule has 1 saturated heterocycles. The molecule has 0 radical (unpaired) electrons. The number of hydrazine groups is 1. The van der Waals surface area contributed by atoms with Gasteiger partial charge in [-0.25, -0.2) is 12.8 Å². The molecule has 0 spiro atoms. The highest BCUT2D eigenvalue weighted by atomic mass is 32.2. The second kappa shape index (κ2) is 11.7. The van der Waals surface area contributed by atoms with Crippen molar-refractivity contribution in [1.29, 1.82) is 0 Å². The van der Waals surface area contributed by atoms with Crippen LogP contribution in [0.15, 0.2) is 42.5 Å². The van der Waals surface area contributed by atoms with E-state index in [1.165, 1.54) is 6.07 Å². The number of amides is 2. The highest BCUT2D eigenvalue weighted by Crippen LogP contribution is 2.25. The Balaban J connectivity index is 1.61. The van der Waals surface area contributed by atoms with E-state index in [1.54, 1.807) is 17.9 Å². The lowest BCUT2D eigenvalue weighted by atomic mass is 9.99. The molecule has 0 saturated carbocycles. The molecule has 190 valence electrons. The number of piperidine rings is 1. The van der Waals surface area contributed by atoms with Gasteiger partial charge in [-0.05, 0) is 68.6 Å². The Bertz CT molecular complexity index is 1160. The molecule has 3 rings (SSSR count). The van der Waals surface area contributed by atoms with Crippen LogP contribution in [0.2, 0.25) is 0 Å². The van der Waals surface area contributed by atoms with Crippen molar-refractivity contribution >= 4 is 21.8 Å². The molecule has 1 aliphatic rings. The monoisotopic (exact) mass is 504 g/mol. The van der Waals surface area contributed by atoms with Gasteiger partial charge in [0.1, 0.15) is 5.82 Å². The fraction of sp³-hybridized carbons (Fsp3) is 0.440. The summed E-state index contributed by atoms with van der Waals surface area (Å²) in [5.41, 5.74) is 3.63. The van der Waals surface area contributed by atoms with E-state index in [2.05, 4.69) is 10.3 Å². The maximum atomic E-state index is 14.7. The van der Waals surface area contributed by atoms with E-state index in [-0.39, 0.29) is 28.7 Å². The summed E-state index contributed by atoms with van der Waals surface area (Å²) in [4.78, 5) is 30.8. The SMILES string of the molecule is Cc1cc(-c2ccccc2)cc(C(=O)NNS(=O)(=O)CC2CCCN(C(=O)CCN(C)C)C2)c1F. The molecule has 8 nitrogen and oxygen atoms in total. The van der Waals surface area contributed by atoms with Crippen LogP contribution >= 0.6 is 0 Å². The predicted molar refractivity (Wildman–Crippen MR) is 133 cm³/mol. The summed E-state index contributed by atoms with van der Waals surface area (Å²) < 4.78 is 40.0. The number of likely N-dealkylation sites (tertiary alicyclic amines) is 1. The van der Waals surface area contributed by atoms with E-state index in [1.807, 2.05) is 49.3 Å². The summed E-state index contributed by atoms with van der Waals surface area (Å²) in [5, 5.41) is 0. The van der Waals surface area contributed by atoms with Crippen LogP contribution in [0, 0.1) is 18.7 Å². The average molecular weight is 505 g/mol. The third-order valence-electron chi connectivity index (χ3n) is 6.03. The third-order valence-corrected chi connectivity index (χ3v) is 7.35. The predicted octanol–water partition coefficient (Wildman–Crippen LogP) is 2.56. The van der Waals surface area contributed by atoms with Crippen LogP contribution in [0.25, 0.3) is 11.1 Å². The maximum absolute atomic E-state index is 14.7. The van der Waals surface area contributed by atoms with Crippen LogP contribution in [0.5, 0.6) is 0 Å². The van der Waals surface area contributed by atoms with E-state index in [9.17, 15) is 22.4 Å². The molecule has 1 aliphatic heterocycles. The van der Waals surface area contributed by atoms with E-state index >= 15 is 0 Å². The third kappa shape index (κ3) is 7.58. The Morgan fingerprint density at radius 2 is 1.86 bits per heavy atom. The van der Waals surface area contributed by atoms with Gasteiger partial charge < -0.3 is 9.80 Å². The largest absolute Gasteiger partial charge is 0.342 e. The summed E-state index contributed by atoms with van der Waals surface area (Å²) in [6, 6.07) is 12.3. The van der Waals surface area contributed by atoms with Crippen molar-refractivity contribution in [3.05, 3.63) is 59.4 Å². The molecule has 2 amide bonds. The highest BCUT2D eigenvalue weighted by molar-refractivity contribution is 7.89. The van der Waals surface area contributed by atoms with E-state index in [0.717, 1.165) is 12.0 Å². The lowest BCUT2D eigenvalue weighted by Crippen LogP contribution is -2.47. The molecule has 0 bridgehead atoms. The van der Waals surface area contributed by atoms with Crippen molar-refractivity contribution < 1.29 is 22.4 Å². The summed E-state index contributed by atoms with van der Waals surface area (Å²) in [7, 11) is -0.109. The van der Waals surface area contributed by atoms with Gasteiger partial charge in [0.05, 0.1) is 11.3 Å². The van der Waals surface area contributed by atoms with Crippen molar-refractivity contribution in [1.82, 2.24) is 20.1 Å². The average Bonchev–Trinajstić information content (AvgIpc) is 2.83. The topological polar surface area (TPSA) is 98.8 Å². The van der Waals surface area contributed by atoms with Gasteiger partial charge >= 0.3 is 0 Å². The molecule has 2 aromatic carbocycles. The summed E-state index contributed by atoms with van der Waals surface area (Å²) in [5.74, 6) is -2.07. The van der Waals surface area contributed by atoms with E-state index in [4.69, 9.17) is 0 Å². The van der Waals surface area contributed by atoms with Gasteiger partial charge in [0.15, 0.2) is 0 Å². The minimum Gasteiger partial charge on any atom is -0.342 e. The lowest BCUT2D eigenvalue weighted by Gasteiger charge is -2.33. The van der Waals surface area contributed by atoms with Crippen molar-refractivity contribution in [2.45, 2.75) is 26.2 Å². The van der Waals surface area contributed by atoms with Crippen LogP contribution in [0.1, 0.15) is 35.2 Å². The first kappa shape index (κ1) is 26.8. The standard InChI is InChI=1S/C25H33FN4O4S/c1-18-14-21(20-9-5-4-6-10-20)15-22(24(18)26)25(32)27-28-35(33,34)17-19-8-7-12-30(16-19)23(31)11-13-29(2)3/h4-6,9-10,14-15,19,28H,7-8,11-13,16-17H2,1-3H3,(H,27,32). The number of benzene rings is 2. The van der Waals surface area contributed by atoms with Gasteiger partial charge in [0.25, 0.3) is 5.91 Å². The van der Waals surface area contributed by atoms with Crippen LogP contribution in [-0.4, -0.2) is 69.5 Å². The van der Waals surface area contributed by atoms with Gasteiger partial charge in [-0.3, -0.25) is 15.0 Å². The Morgan fingerprint density at radius 1 is 1.14 bits per heavy atom. The number of aryl methyl sites for hydroxylation is 1. The number of sulfonamides is 1. The van der Waals surface area contributed by atoms with Gasteiger partial charge in [-0.1, -0.05) is 30.3 Å². The number of halogens is 1. The van der Waals surface area contributed by atoms with Gasteiger partial charge in [0, 0.05) is 26.1 Å². The molecule has 1 fully saturated rings.